The van der Waals surface area contributed by atoms with Crippen LogP contribution in [0.25, 0.3) is 0 Å². The number of rotatable bonds is 6. The molecule has 0 aliphatic carbocycles. The van der Waals surface area contributed by atoms with Gasteiger partial charge in [0.1, 0.15) is 6.54 Å². The van der Waals surface area contributed by atoms with Crippen molar-refractivity contribution in [2.24, 2.45) is 5.73 Å². The summed E-state index contributed by atoms with van der Waals surface area (Å²) < 4.78 is 26.7. The Hall–Kier alpha value is -1.67. The van der Waals surface area contributed by atoms with E-state index in [0.29, 0.717) is 13.1 Å². The molecule has 0 radical (unpaired) electrons. The van der Waals surface area contributed by atoms with Gasteiger partial charge in [-0.1, -0.05) is 13.8 Å². The maximum Gasteiger partial charge on any atom is 0.251 e. The Morgan fingerprint density at radius 2 is 1.89 bits per heavy atom. The van der Waals surface area contributed by atoms with Gasteiger partial charge in [-0.3, -0.25) is 9.59 Å². The van der Waals surface area contributed by atoms with Crippen LogP contribution in [0.2, 0.25) is 0 Å². The first-order valence-electron chi connectivity index (χ1n) is 5.81. The molecule has 1 heterocycles. The highest BCUT2D eigenvalue weighted by atomic mass is 32.2. The number of primary amides is 1. The lowest BCUT2D eigenvalue weighted by Crippen LogP contribution is -2.33. The average Bonchev–Trinajstić information content (AvgIpc) is 2.32. The summed E-state index contributed by atoms with van der Waals surface area (Å²) in [7, 11) is -3.65. The summed E-state index contributed by atoms with van der Waals surface area (Å²) in [6.07, 6.45) is 1.14. The maximum atomic E-state index is 12.2. The highest BCUT2D eigenvalue weighted by Crippen LogP contribution is 2.13. The lowest BCUT2D eigenvalue weighted by Gasteiger charge is -2.18. The van der Waals surface area contributed by atoms with Crippen LogP contribution in [0.5, 0.6) is 0 Å². The summed E-state index contributed by atoms with van der Waals surface area (Å²) >= 11 is 0. The molecular weight excluding hydrogens is 270 g/mol. The zero-order chi connectivity index (χ0) is 14.6. The third kappa shape index (κ3) is 3.42. The van der Waals surface area contributed by atoms with E-state index in [1.165, 1.54) is 10.4 Å². The van der Waals surface area contributed by atoms with E-state index in [2.05, 4.69) is 0 Å². The Balaban J connectivity index is 3.29. The number of nitrogens with two attached hydrogens (primary N) is 1. The van der Waals surface area contributed by atoms with Crippen LogP contribution >= 0.6 is 0 Å². The van der Waals surface area contributed by atoms with Gasteiger partial charge in [-0.15, -0.1) is 0 Å². The molecule has 0 unspecified atom stereocenters. The SMILES string of the molecule is CCN(CC)S(=O)(=O)c1ccc(=O)n(CC(N)=O)c1. The summed E-state index contributed by atoms with van der Waals surface area (Å²) in [6, 6.07) is 2.34. The molecule has 1 aromatic heterocycles. The first-order chi connectivity index (χ1) is 8.82. The Labute approximate surface area is 111 Å². The highest BCUT2D eigenvalue weighted by molar-refractivity contribution is 7.89. The van der Waals surface area contributed by atoms with Crippen molar-refractivity contribution in [1.29, 1.82) is 0 Å². The molecule has 0 bridgehead atoms. The van der Waals surface area contributed by atoms with Crippen molar-refractivity contribution < 1.29 is 13.2 Å². The van der Waals surface area contributed by atoms with E-state index >= 15 is 0 Å². The summed E-state index contributed by atoms with van der Waals surface area (Å²) in [6.45, 7) is 3.75. The first-order valence-corrected chi connectivity index (χ1v) is 7.25. The summed E-state index contributed by atoms with van der Waals surface area (Å²) in [5, 5.41) is 0. The van der Waals surface area contributed by atoms with Crippen molar-refractivity contribution in [2.75, 3.05) is 13.1 Å². The van der Waals surface area contributed by atoms with Crippen LogP contribution in [-0.2, 0) is 21.4 Å². The fourth-order valence-corrected chi connectivity index (χ4v) is 3.14. The Morgan fingerprint density at radius 3 is 2.37 bits per heavy atom. The van der Waals surface area contributed by atoms with E-state index in [1.54, 1.807) is 13.8 Å². The van der Waals surface area contributed by atoms with E-state index < -0.39 is 21.5 Å². The van der Waals surface area contributed by atoms with Crippen LogP contribution < -0.4 is 11.3 Å². The molecule has 8 heteroatoms. The van der Waals surface area contributed by atoms with Crippen LogP contribution in [0, 0.1) is 0 Å². The van der Waals surface area contributed by atoms with Gasteiger partial charge < -0.3 is 10.3 Å². The molecule has 0 aliphatic rings. The third-order valence-electron chi connectivity index (χ3n) is 2.63. The molecular formula is C11H17N3O4S. The molecule has 7 nitrogen and oxygen atoms in total. The molecule has 2 N–H and O–H groups in total. The van der Waals surface area contributed by atoms with Gasteiger partial charge in [0.05, 0.1) is 4.90 Å². The standard InChI is InChI=1S/C11H17N3O4S/c1-3-14(4-2)19(17,18)9-5-6-11(16)13(7-9)8-10(12)15/h5-7H,3-4,8H2,1-2H3,(H2,12,15). The minimum absolute atomic E-state index is 0.0305. The zero-order valence-electron chi connectivity index (χ0n) is 10.9. The van der Waals surface area contributed by atoms with Gasteiger partial charge >= 0.3 is 0 Å². The quantitative estimate of drug-likeness (QED) is 0.752. The van der Waals surface area contributed by atoms with E-state index in [9.17, 15) is 18.0 Å². The number of pyridine rings is 1. The van der Waals surface area contributed by atoms with Crippen molar-refractivity contribution in [2.45, 2.75) is 25.3 Å². The Morgan fingerprint density at radius 1 is 1.32 bits per heavy atom. The fraction of sp³-hybridized carbons (Fsp3) is 0.455. The van der Waals surface area contributed by atoms with Crippen molar-refractivity contribution in [3.05, 3.63) is 28.7 Å². The van der Waals surface area contributed by atoms with E-state index in [1.807, 2.05) is 0 Å². The molecule has 19 heavy (non-hydrogen) atoms. The molecule has 0 saturated carbocycles. The number of carbonyl (C=O) groups is 1. The molecule has 1 aromatic rings. The second-order valence-electron chi connectivity index (χ2n) is 3.89. The summed E-state index contributed by atoms with van der Waals surface area (Å²) in [4.78, 5) is 22.3. The van der Waals surface area contributed by atoms with Gasteiger partial charge in [0.15, 0.2) is 0 Å². The predicted octanol–water partition coefficient (Wildman–Crippen LogP) is -0.636. The third-order valence-corrected chi connectivity index (χ3v) is 4.66. The topological polar surface area (TPSA) is 102 Å². The van der Waals surface area contributed by atoms with E-state index in [4.69, 9.17) is 5.73 Å². The largest absolute Gasteiger partial charge is 0.368 e. The smallest absolute Gasteiger partial charge is 0.251 e. The molecule has 1 rings (SSSR count). The van der Waals surface area contributed by atoms with Gasteiger partial charge in [-0.05, 0) is 6.07 Å². The van der Waals surface area contributed by atoms with Crippen molar-refractivity contribution in [3.8, 4) is 0 Å². The second-order valence-corrected chi connectivity index (χ2v) is 5.82. The number of sulfonamides is 1. The number of hydrogen-bond acceptors (Lipinski definition) is 4. The minimum Gasteiger partial charge on any atom is -0.368 e. The van der Waals surface area contributed by atoms with Crippen LogP contribution in [0.4, 0.5) is 0 Å². The normalized spacial score (nSPS) is 11.7. The number of aromatic nitrogens is 1. The highest BCUT2D eigenvalue weighted by Gasteiger charge is 2.22. The molecule has 106 valence electrons. The minimum atomic E-state index is -3.65. The summed E-state index contributed by atoms with van der Waals surface area (Å²) in [5.74, 6) is -0.709. The molecule has 0 aliphatic heterocycles. The van der Waals surface area contributed by atoms with Gasteiger partial charge in [0, 0.05) is 25.4 Å². The van der Waals surface area contributed by atoms with Crippen LogP contribution in [0.3, 0.4) is 0 Å². The van der Waals surface area contributed by atoms with Crippen molar-refractivity contribution in [1.82, 2.24) is 8.87 Å². The number of hydrogen-bond donors (Lipinski definition) is 1. The van der Waals surface area contributed by atoms with Crippen LogP contribution in [-0.4, -0.2) is 36.3 Å². The van der Waals surface area contributed by atoms with Gasteiger partial charge in [0.2, 0.25) is 15.9 Å². The van der Waals surface area contributed by atoms with Crippen LogP contribution in [0.1, 0.15) is 13.8 Å². The number of carbonyl (C=O) groups excluding carboxylic acids is 1. The lowest BCUT2D eigenvalue weighted by atomic mass is 10.4. The molecule has 0 aromatic carbocycles. The molecule has 1 amide bonds. The van der Waals surface area contributed by atoms with Crippen LogP contribution in [0.15, 0.2) is 28.0 Å². The van der Waals surface area contributed by atoms with E-state index in [0.717, 1.165) is 16.8 Å². The Bertz CT molecular complexity index is 617. The first kappa shape index (κ1) is 15.4. The number of nitrogens with zero attached hydrogens (tertiary/aromatic N) is 2. The lowest BCUT2D eigenvalue weighted by molar-refractivity contribution is -0.118. The van der Waals surface area contributed by atoms with Crippen molar-refractivity contribution in [3.63, 3.8) is 0 Å². The molecule has 0 fully saturated rings. The second kappa shape index (κ2) is 5.98. The molecule has 0 saturated heterocycles. The van der Waals surface area contributed by atoms with Gasteiger partial charge in [0.25, 0.3) is 5.56 Å². The zero-order valence-corrected chi connectivity index (χ0v) is 11.7. The molecule has 0 atom stereocenters. The molecule has 0 spiro atoms. The fourth-order valence-electron chi connectivity index (χ4n) is 1.67. The average molecular weight is 287 g/mol. The monoisotopic (exact) mass is 287 g/mol. The van der Waals surface area contributed by atoms with Crippen molar-refractivity contribution >= 4 is 15.9 Å². The van der Waals surface area contributed by atoms with E-state index in [-0.39, 0.29) is 11.4 Å². The van der Waals surface area contributed by atoms with Gasteiger partial charge in [-0.25, -0.2) is 8.42 Å². The summed E-state index contributed by atoms with van der Waals surface area (Å²) in [5.41, 5.74) is 4.53. The number of amides is 1. The van der Waals surface area contributed by atoms with Gasteiger partial charge in [-0.2, -0.15) is 4.31 Å². The Kier molecular flexibility index (Phi) is 4.84. The predicted molar refractivity (Wildman–Crippen MR) is 70.0 cm³/mol. The maximum absolute atomic E-state index is 12.2.